The van der Waals surface area contributed by atoms with E-state index in [9.17, 15) is 0 Å². The highest BCUT2D eigenvalue weighted by Gasteiger charge is 2.30. The van der Waals surface area contributed by atoms with Crippen molar-refractivity contribution < 1.29 is 9.90 Å². The average molecular weight is 596 g/mol. The van der Waals surface area contributed by atoms with E-state index in [1.165, 1.54) is 44.4 Å². The summed E-state index contributed by atoms with van der Waals surface area (Å²) in [5.74, 6) is 0.879. The zero-order valence-corrected chi connectivity index (χ0v) is 25.4. The van der Waals surface area contributed by atoms with Gasteiger partial charge in [0.25, 0.3) is 5.97 Å². The molecule has 0 spiro atoms. The first-order valence-corrected chi connectivity index (χ1v) is 15.4. The van der Waals surface area contributed by atoms with Crippen LogP contribution in [0.4, 0.5) is 11.5 Å². The standard InChI is InChI=1S/C31H37N9.C2H4O2/c1-39-14-16-40(17-15-39)25-12-8-21(9-13-25)30-35-29(32)27-28(37-38-31(27)36-30)20-6-10-23(11-7-20)33-19-24-18-22-4-2-3-5-26(22)34-24;1-2(3)4/h2-7,10-11,18,21,25,33-34H,8-9,12-17,19H2,1H3,(H3,32,35,36,37,38);1H3,(H,3,4)/t21-,25-;. The molecule has 7 rings (SSSR count). The summed E-state index contributed by atoms with van der Waals surface area (Å²) in [5, 5.41) is 20.7. The number of anilines is 2. The molecule has 1 aliphatic heterocycles. The number of nitrogen functional groups attached to an aromatic ring is 1. The Balaban J connectivity index is 0.000000810. The molecule has 230 valence electrons. The topological polar surface area (TPSA) is 152 Å². The molecular weight excluding hydrogens is 554 g/mol. The Hall–Kier alpha value is -4.48. The number of carboxylic acid groups (broad SMARTS) is 1. The first-order chi connectivity index (χ1) is 21.3. The summed E-state index contributed by atoms with van der Waals surface area (Å²) in [6.07, 6.45) is 4.61. The molecule has 0 unspecified atom stereocenters. The van der Waals surface area contributed by atoms with E-state index in [0.717, 1.165) is 71.3 Å². The number of carboxylic acids is 1. The minimum Gasteiger partial charge on any atom is -0.481 e. The molecule has 11 nitrogen and oxygen atoms in total. The molecule has 0 amide bonds. The second-order valence-electron chi connectivity index (χ2n) is 11.9. The van der Waals surface area contributed by atoms with Crippen LogP contribution < -0.4 is 11.1 Å². The van der Waals surface area contributed by atoms with Gasteiger partial charge in [-0.2, -0.15) is 5.10 Å². The van der Waals surface area contributed by atoms with Gasteiger partial charge in [-0.25, -0.2) is 9.97 Å². The van der Waals surface area contributed by atoms with Gasteiger partial charge < -0.3 is 26.0 Å². The summed E-state index contributed by atoms with van der Waals surface area (Å²) in [4.78, 5) is 27.3. The average Bonchev–Trinajstić information content (AvgIpc) is 3.65. The van der Waals surface area contributed by atoms with Crippen LogP contribution in [-0.2, 0) is 11.3 Å². The van der Waals surface area contributed by atoms with E-state index in [0.29, 0.717) is 17.8 Å². The van der Waals surface area contributed by atoms with Crippen LogP contribution in [0.1, 0.15) is 50.0 Å². The van der Waals surface area contributed by atoms with Crippen LogP contribution in [0.15, 0.2) is 54.6 Å². The van der Waals surface area contributed by atoms with Gasteiger partial charge in [0.2, 0.25) is 0 Å². The quantitative estimate of drug-likeness (QED) is 0.181. The molecule has 2 aliphatic rings. The first-order valence-electron chi connectivity index (χ1n) is 15.4. The van der Waals surface area contributed by atoms with E-state index in [-0.39, 0.29) is 0 Å². The number of rotatable bonds is 6. The van der Waals surface area contributed by atoms with Gasteiger partial charge in [-0.3, -0.25) is 14.8 Å². The van der Waals surface area contributed by atoms with Crippen molar-refractivity contribution in [3.8, 4) is 11.3 Å². The number of H-pyrrole nitrogens is 2. The van der Waals surface area contributed by atoms with Crippen LogP contribution in [0, 0.1) is 0 Å². The lowest BCUT2D eigenvalue weighted by molar-refractivity contribution is -0.134. The van der Waals surface area contributed by atoms with E-state index in [1.54, 1.807) is 0 Å². The smallest absolute Gasteiger partial charge is 0.300 e. The van der Waals surface area contributed by atoms with Crippen molar-refractivity contribution in [1.82, 2.24) is 34.9 Å². The molecule has 0 atom stereocenters. The normalized spacial score (nSPS) is 19.5. The largest absolute Gasteiger partial charge is 0.481 e. The second-order valence-corrected chi connectivity index (χ2v) is 11.9. The molecule has 6 N–H and O–H groups in total. The number of benzene rings is 2. The molecule has 44 heavy (non-hydrogen) atoms. The van der Waals surface area contributed by atoms with Crippen molar-refractivity contribution in [2.24, 2.45) is 0 Å². The van der Waals surface area contributed by atoms with Crippen LogP contribution in [0.5, 0.6) is 0 Å². The Labute approximate surface area is 256 Å². The monoisotopic (exact) mass is 595 g/mol. The highest BCUT2D eigenvalue weighted by Crippen LogP contribution is 2.36. The van der Waals surface area contributed by atoms with E-state index < -0.39 is 5.97 Å². The van der Waals surface area contributed by atoms with E-state index in [2.05, 4.69) is 85.9 Å². The summed E-state index contributed by atoms with van der Waals surface area (Å²) >= 11 is 0. The number of nitrogens with two attached hydrogens (primary N) is 1. The molecule has 11 heteroatoms. The van der Waals surface area contributed by atoms with E-state index >= 15 is 0 Å². The van der Waals surface area contributed by atoms with Gasteiger partial charge in [0.15, 0.2) is 5.65 Å². The maximum absolute atomic E-state index is 9.00. The highest BCUT2D eigenvalue weighted by atomic mass is 16.4. The van der Waals surface area contributed by atoms with Gasteiger partial charge in [-0.1, -0.05) is 30.3 Å². The number of carbonyl (C=O) groups is 1. The van der Waals surface area contributed by atoms with Gasteiger partial charge >= 0.3 is 0 Å². The van der Waals surface area contributed by atoms with Crippen molar-refractivity contribution in [2.75, 3.05) is 44.3 Å². The van der Waals surface area contributed by atoms with Crippen molar-refractivity contribution in [1.29, 1.82) is 0 Å². The van der Waals surface area contributed by atoms with Crippen molar-refractivity contribution in [3.63, 3.8) is 0 Å². The molecule has 1 saturated heterocycles. The summed E-state index contributed by atoms with van der Waals surface area (Å²) in [6, 6.07) is 19.5. The van der Waals surface area contributed by atoms with Crippen molar-refractivity contribution >= 4 is 39.4 Å². The molecular formula is C33H41N9O2. The minimum atomic E-state index is -0.833. The van der Waals surface area contributed by atoms with Gasteiger partial charge in [0.05, 0.1) is 11.9 Å². The third kappa shape index (κ3) is 6.68. The van der Waals surface area contributed by atoms with Crippen LogP contribution in [0.3, 0.4) is 0 Å². The molecule has 3 aromatic heterocycles. The lowest BCUT2D eigenvalue weighted by Gasteiger charge is -2.40. The number of aliphatic carboxylic acids is 1. The highest BCUT2D eigenvalue weighted by molar-refractivity contribution is 5.98. The predicted molar refractivity (Wildman–Crippen MR) is 175 cm³/mol. The lowest BCUT2D eigenvalue weighted by atomic mass is 9.84. The van der Waals surface area contributed by atoms with Gasteiger partial charge in [0, 0.05) is 67.5 Å². The van der Waals surface area contributed by atoms with Crippen LogP contribution >= 0.6 is 0 Å². The molecule has 0 bridgehead atoms. The third-order valence-corrected chi connectivity index (χ3v) is 8.81. The Morgan fingerprint density at radius 2 is 1.73 bits per heavy atom. The summed E-state index contributed by atoms with van der Waals surface area (Å²) in [7, 11) is 2.21. The lowest BCUT2D eigenvalue weighted by Crippen LogP contribution is -2.49. The molecule has 1 aliphatic carbocycles. The molecule has 5 aromatic rings. The van der Waals surface area contributed by atoms with E-state index in [4.69, 9.17) is 25.6 Å². The third-order valence-electron chi connectivity index (χ3n) is 8.81. The predicted octanol–water partition coefficient (Wildman–Crippen LogP) is 5.06. The zero-order valence-electron chi connectivity index (χ0n) is 25.4. The zero-order chi connectivity index (χ0) is 30.6. The number of nitrogens with zero attached hydrogens (tertiary/aromatic N) is 5. The van der Waals surface area contributed by atoms with E-state index in [1.807, 2.05) is 6.07 Å². The SMILES string of the molecule is CC(=O)O.CN1CCN([C@H]2CC[C@H](c3nc(N)c4c(-c5ccc(NCc6cc7ccccc7[nH]6)cc5)n[nH]c4n3)CC2)CC1. The van der Waals surface area contributed by atoms with Gasteiger partial charge in [-0.15, -0.1) is 0 Å². The number of likely N-dealkylation sites (N-methyl/N-ethyl adjacent to an activating group) is 1. The number of fused-ring (bicyclic) bond motifs is 2. The summed E-state index contributed by atoms with van der Waals surface area (Å²) in [5.41, 5.74) is 12.4. The Kier molecular flexibility index (Phi) is 8.76. The molecule has 1 saturated carbocycles. The number of hydrogen-bond donors (Lipinski definition) is 5. The fraction of sp³-hybridized carbons (Fsp3) is 0.394. The molecule has 4 heterocycles. The summed E-state index contributed by atoms with van der Waals surface area (Å²) in [6.45, 7) is 6.50. The molecule has 2 aromatic carbocycles. The van der Waals surface area contributed by atoms with Crippen molar-refractivity contribution in [2.45, 2.75) is 51.1 Å². The first kappa shape index (κ1) is 29.6. The van der Waals surface area contributed by atoms with Crippen LogP contribution in [0.2, 0.25) is 0 Å². The van der Waals surface area contributed by atoms with Gasteiger partial charge in [0.1, 0.15) is 17.3 Å². The number of hydrogen-bond acceptors (Lipinski definition) is 8. The fourth-order valence-corrected chi connectivity index (χ4v) is 6.42. The van der Waals surface area contributed by atoms with Gasteiger partial charge in [-0.05, 0) is 62.4 Å². The maximum Gasteiger partial charge on any atom is 0.300 e. The summed E-state index contributed by atoms with van der Waals surface area (Å²) < 4.78 is 0. The minimum absolute atomic E-state index is 0.352. The van der Waals surface area contributed by atoms with Crippen molar-refractivity contribution in [3.05, 3.63) is 66.1 Å². The number of para-hydroxylation sites is 1. The Morgan fingerprint density at radius 1 is 1.02 bits per heavy atom. The Morgan fingerprint density at radius 3 is 2.43 bits per heavy atom. The number of piperazine rings is 1. The Bertz CT molecular complexity index is 1680. The molecule has 2 fully saturated rings. The fourth-order valence-electron chi connectivity index (χ4n) is 6.42. The van der Waals surface area contributed by atoms with Crippen LogP contribution in [0.25, 0.3) is 33.2 Å². The number of aromatic amines is 2. The maximum atomic E-state index is 9.00. The molecule has 0 radical (unpaired) electrons. The van der Waals surface area contributed by atoms with Crippen LogP contribution in [-0.4, -0.2) is 85.3 Å². The number of aromatic nitrogens is 5. The second kappa shape index (κ2) is 13.0. The number of nitrogens with one attached hydrogen (secondary N) is 3.